The average Bonchev–Trinajstić information content (AvgIpc) is 2.08. The Bertz CT molecular complexity index is 517. The van der Waals surface area contributed by atoms with Gasteiger partial charge in [0.15, 0.2) is 11.3 Å². The second kappa shape index (κ2) is 2.85. The lowest BCUT2D eigenvalue weighted by molar-refractivity contribution is 1.05. The van der Waals surface area contributed by atoms with Crippen LogP contribution in [0.15, 0.2) is 6.20 Å². The summed E-state index contributed by atoms with van der Waals surface area (Å²) >= 11 is 4.93. The summed E-state index contributed by atoms with van der Waals surface area (Å²) in [4.78, 5) is 15.6. The van der Waals surface area contributed by atoms with E-state index >= 15 is 0 Å². The van der Waals surface area contributed by atoms with E-state index in [1.165, 1.54) is 0 Å². The number of nitrogens with zero attached hydrogens (tertiary/aromatic N) is 3. The molecule has 0 aliphatic carbocycles. The van der Waals surface area contributed by atoms with Gasteiger partial charge in [0.1, 0.15) is 4.64 Å². The van der Waals surface area contributed by atoms with Crippen LogP contribution >= 0.6 is 12.2 Å². The molecule has 0 bridgehead atoms. The molecule has 0 atom stereocenters. The second-order valence-electron chi connectivity index (χ2n) is 2.81. The largest absolute Gasteiger partial charge is 0.327 e. The zero-order valence-corrected chi connectivity index (χ0v) is 8.14. The van der Waals surface area contributed by atoms with Crippen LogP contribution in [-0.4, -0.2) is 19.9 Å². The number of aromatic nitrogens is 4. The lowest BCUT2D eigenvalue weighted by Crippen LogP contribution is -1.97. The maximum atomic E-state index is 4.93. The van der Waals surface area contributed by atoms with Gasteiger partial charge in [-0.15, -0.1) is 0 Å². The minimum absolute atomic E-state index is 0.574. The summed E-state index contributed by atoms with van der Waals surface area (Å²) in [6.07, 6.45) is 1.57. The minimum Gasteiger partial charge on any atom is -0.327 e. The van der Waals surface area contributed by atoms with Crippen LogP contribution in [0.2, 0.25) is 0 Å². The van der Waals surface area contributed by atoms with Gasteiger partial charge in [-0.3, -0.25) is 0 Å². The third-order valence-electron chi connectivity index (χ3n) is 1.83. The fraction of sp³-hybridized carbons (Fsp3) is 0.250. The lowest BCUT2D eigenvalue weighted by atomic mass is 10.3. The number of rotatable bonds is 0. The van der Waals surface area contributed by atoms with Gasteiger partial charge in [0.2, 0.25) is 0 Å². The molecule has 2 heterocycles. The van der Waals surface area contributed by atoms with Crippen LogP contribution < -0.4 is 0 Å². The van der Waals surface area contributed by atoms with Crippen LogP contribution in [0.5, 0.6) is 0 Å². The summed E-state index contributed by atoms with van der Waals surface area (Å²) in [6.45, 7) is 3.82. The predicted octanol–water partition coefficient (Wildman–Crippen LogP) is 1.70. The normalized spacial score (nSPS) is 10.6. The van der Waals surface area contributed by atoms with Gasteiger partial charge in [-0.1, -0.05) is 12.2 Å². The topological polar surface area (TPSA) is 54.5 Å². The van der Waals surface area contributed by atoms with E-state index in [1.807, 2.05) is 13.8 Å². The fourth-order valence-electron chi connectivity index (χ4n) is 1.03. The highest BCUT2D eigenvalue weighted by Crippen LogP contribution is 2.06. The third-order valence-corrected chi connectivity index (χ3v) is 2.04. The standard InChI is InChI=1S/C8H8N4S/c1-4-5(2)11-8-7(10-4)9-3-6(13)12-8/h3H,1-2H3,(H,11,12,13). The van der Waals surface area contributed by atoms with E-state index in [1.54, 1.807) is 6.20 Å². The Hall–Kier alpha value is -1.36. The van der Waals surface area contributed by atoms with Gasteiger partial charge < -0.3 is 4.98 Å². The average molecular weight is 192 g/mol. The predicted molar refractivity (Wildman–Crippen MR) is 52.0 cm³/mol. The molecule has 2 aromatic heterocycles. The highest BCUT2D eigenvalue weighted by molar-refractivity contribution is 7.71. The van der Waals surface area contributed by atoms with Crippen molar-refractivity contribution >= 4 is 23.5 Å². The van der Waals surface area contributed by atoms with E-state index < -0.39 is 0 Å². The molecule has 2 rings (SSSR count). The van der Waals surface area contributed by atoms with Crippen molar-refractivity contribution in [3.63, 3.8) is 0 Å². The molecular formula is C8H8N4S. The number of aryl methyl sites for hydroxylation is 2. The smallest absolute Gasteiger partial charge is 0.196 e. The molecule has 0 aliphatic rings. The van der Waals surface area contributed by atoms with E-state index in [0.29, 0.717) is 15.9 Å². The highest BCUT2D eigenvalue weighted by Gasteiger charge is 2.01. The Labute approximate surface area is 80.1 Å². The van der Waals surface area contributed by atoms with Crippen LogP contribution in [0.4, 0.5) is 0 Å². The molecule has 0 saturated heterocycles. The Morgan fingerprint density at radius 1 is 1.23 bits per heavy atom. The van der Waals surface area contributed by atoms with Crippen LogP contribution in [0.25, 0.3) is 11.3 Å². The van der Waals surface area contributed by atoms with Crippen molar-refractivity contribution in [3.8, 4) is 0 Å². The van der Waals surface area contributed by atoms with Gasteiger partial charge in [-0.05, 0) is 13.8 Å². The van der Waals surface area contributed by atoms with Crippen molar-refractivity contribution in [1.29, 1.82) is 0 Å². The van der Waals surface area contributed by atoms with Gasteiger partial charge in [-0.2, -0.15) is 0 Å². The van der Waals surface area contributed by atoms with Crippen molar-refractivity contribution < 1.29 is 0 Å². The first-order valence-electron chi connectivity index (χ1n) is 3.87. The Balaban J connectivity index is 2.89. The molecule has 5 heteroatoms. The molecule has 0 radical (unpaired) electrons. The summed E-state index contributed by atoms with van der Waals surface area (Å²) < 4.78 is 0.574. The van der Waals surface area contributed by atoms with Crippen molar-refractivity contribution in [2.75, 3.05) is 0 Å². The molecule has 13 heavy (non-hydrogen) atoms. The van der Waals surface area contributed by atoms with E-state index in [2.05, 4.69) is 19.9 Å². The van der Waals surface area contributed by atoms with Gasteiger partial charge in [0, 0.05) is 0 Å². The Morgan fingerprint density at radius 3 is 2.69 bits per heavy atom. The van der Waals surface area contributed by atoms with E-state index in [0.717, 1.165) is 11.4 Å². The molecule has 4 nitrogen and oxygen atoms in total. The van der Waals surface area contributed by atoms with E-state index in [9.17, 15) is 0 Å². The molecule has 0 amide bonds. The monoisotopic (exact) mass is 192 g/mol. The number of aromatic amines is 1. The quantitative estimate of drug-likeness (QED) is 0.645. The molecule has 0 spiro atoms. The zero-order chi connectivity index (χ0) is 9.42. The Kier molecular flexibility index (Phi) is 1.81. The van der Waals surface area contributed by atoms with Gasteiger partial charge >= 0.3 is 0 Å². The molecular weight excluding hydrogens is 184 g/mol. The van der Waals surface area contributed by atoms with Crippen molar-refractivity contribution in [2.45, 2.75) is 13.8 Å². The first-order valence-corrected chi connectivity index (χ1v) is 4.28. The first-order chi connectivity index (χ1) is 6.16. The highest BCUT2D eigenvalue weighted by atomic mass is 32.1. The van der Waals surface area contributed by atoms with Crippen LogP contribution in [0.3, 0.4) is 0 Å². The second-order valence-corrected chi connectivity index (χ2v) is 3.25. The Morgan fingerprint density at radius 2 is 1.92 bits per heavy atom. The maximum Gasteiger partial charge on any atom is 0.196 e. The summed E-state index contributed by atoms with van der Waals surface area (Å²) in [7, 11) is 0. The third kappa shape index (κ3) is 1.42. The molecule has 0 unspecified atom stereocenters. The van der Waals surface area contributed by atoms with Gasteiger partial charge in [0.25, 0.3) is 0 Å². The summed E-state index contributed by atoms with van der Waals surface area (Å²) in [5, 5.41) is 0. The maximum absolute atomic E-state index is 4.93. The molecule has 0 aromatic carbocycles. The zero-order valence-electron chi connectivity index (χ0n) is 7.33. The minimum atomic E-state index is 0.574. The molecule has 1 N–H and O–H groups in total. The molecule has 2 aromatic rings. The number of fused-ring (bicyclic) bond motifs is 1. The SMILES string of the molecule is Cc1nc2ncc(=S)[nH]c2nc1C. The number of nitrogens with one attached hydrogen (secondary N) is 1. The van der Waals surface area contributed by atoms with Crippen LogP contribution in [-0.2, 0) is 0 Å². The van der Waals surface area contributed by atoms with Crippen LogP contribution in [0, 0.1) is 18.5 Å². The molecule has 0 aliphatic heterocycles. The number of hydrogen-bond donors (Lipinski definition) is 1. The fourth-order valence-corrected chi connectivity index (χ4v) is 1.18. The summed E-state index contributed by atoms with van der Waals surface area (Å²) in [5.41, 5.74) is 3.05. The summed E-state index contributed by atoms with van der Waals surface area (Å²) in [6, 6.07) is 0. The summed E-state index contributed by atoms with van der Waals surface area (Å²) in [5.74, 6) is 0. The lowest BCUT2D eigenvalue weighted by Gasteiger charge is -2.00. The van der Waals surface area contributed by atoms with E-state index in [4.69, 9.17) is 12.2 Å². The van der Waals surface area contributed by atoms with Gasteiger partial charge in [0.05, 0.1) is 17.6 Å². The first kappa shape index (κ1) is 8.25. The van der Waals surface area contributed by atoms with Gasteiger partial charge in [-0.25, -0.2) is 15.0 Å². The molecule has 66 valence electrons. The van der Waals surface area contributed by atoms with Crippen LogP contribution in [0.1, 0.15) is 11.4 Å². The number of H-pyrrole nitrogens is 1. The van der Waals surface area contributed by atoms with E-state index in [-0.39, 0.29) is 0 Å². The van der Waals surface area contributed by atoms with Crippen molar-refractivity contribution in [1.82, 2.24) is 19.9 Å². The molecule has 0 fully saturated rings. The van der Waals surface area contributed by atoms with Crippen molar-refractivity contribution in [3.05, 3.63) is 22.2 Å². The van der Waals surface area contributed by atoms with Crippen molar-refractivity contribution in [2.24, 2.45) is 0 Å². The number of hydrogen-bond acceptors (Lipinski definition) is 4. The molecule has 0 saturated carbocycles.